The van der Waals surface area contributed by atoms with Gasteiger partial charge in [0, 0.05) is 43.0 Å². The third kappa shape index (κ3) is 5.73. The van der Waals surface area contributed by atoms with Gasteiger partial charge in [-0.1, -0.05) is 19.9 Å². The number of carbonyl (C=O) groups is 2. The van der Waals surface area contributed by atoms with E-state index in [1.54, 1.807) is 23.0 Å². The lowest BCUT2D eigenvalue weighted by Gasteiger charge is -2.12. The molecule has 3 aromatic heterocycles. The fraction of sp³-hybridized carbons (Fsp3) is 0.138. The highest BCUT2D eigenvalue weighted by atomic mass is 19.1. The highest BCUT2D eigenvalue weighted by molar-refractivity contribution is 5.99. The number of fused-ring (bicyclic) bond motifs is 1. The Bertz CT molecular complexity index is 1720. The molecule has 0 aliphatic heterocycles. The summed E-state index contributed by atoms with van der Waals surface area (Å²) in [7, 11) is 1.49. The van der Waals surface area contributed by atoms with Crippen LogP contribution in [-0.4, -0.2) is 38.7 Å². The van der Waals surface area contributed by atoms with Crippen LogP contribution in [0.1, 0.15) is 35.9 Å². The summed E-state index contributed by atoms with van der Waals surface area (Å²) in [6.07, 6.45) is 3.14. The van der Waals surface area contributed by atoms with Gasteiger partial charge in [0.15, 0.2) is 0 Å². The van der Waals surface area contributed by atoms with Gasteiger partial charge in [-0.2, -0.15) is 5.10 Å². The number of aromatic nitrogens is 4. The fourth-order valence-corrected chi connectivity index (χ4v) is 3.96. The summed E-state index contributed by atoms with van der Waals surface area (Å²) in [6.45, 7) is 4.01. The molecule has 0 atom stereocenters. The first kappa shape index (κ1) is 26.3. The van der Waals surface area contributed by atoms with Gasteiger partial charge in [0.05, 0.1) is 22.6 Å². The Morgan fingerprint density at radius 1 is 0.925 bits per heavy atom. The van der Waals surface area contributed by atoms with Crippen molar-refractivity contribution in [2.45, 2.75) is 19.8 Å². The first-order chi connectivity index (χ1) is 19.3. The molecule has 0 saturated heterocycles. The Morgan fingerprint density at radius 2 is 1.75 bits per heavy atom. The van der Waals surface area contributed by atoms with Crippen molar-refractivity contribution >= 4 is 34.3 Å². The third-order valence-electron chi connectivity index (χ3n) is 6.01. The molecule has 202 valence electrons. The van der Waals surface area contributed by atoms with E-state index in [1.165, 1.54) is 31.4 Å². The van der Waals surface area contributed by atoms with Gasteiger partial charge in [0.2, 0.25) is 0 Å². The van der Waals surface area contributed by atoms with Crippen molar-refractivity contribution in [2.75, 3.05) is 17.7 Å². The lowest BCUT2D eigenvalue weighted by Crippen LogP contribution is -2.22. The molecule has 3 heterocycles. The first-order valence-electron chi connectivity index (χ1n) is 12.5. The number of rotatable bonds is 7. The van der Waals surface area contributed by atoms with Gasteiger partial charge in [-0.3, -0.25) is 20.1 Å². The molecule has 0 bridgehead atoms. The van der Waals surface area contributed by atoms with Crippen molar-refractivity contribution in [3.05, 3.63) is 96.3 Å². The van der Waals surface area contributed by atoms with E-state index in [9.17, 15) is 14.0 Å². The number of anilines is 2. The topological polar surface area (TPSA) is 123 Å². The number of benzene rings is 2. The molecule has 40 heavy (non-hydrogen) atoms. The van der Waals surface area contributed by atoms with E-state index in [0.717, 1.165) is 28.4 Å². The number of carbonyl (C=O) groups excluding carboxylic acids is 2. The van der Waals surface area contributed by atoms with Crippen LogP contribution < -0.4 is 20.7 Å². The van der Waals surface area contributed by atoms with Crippen molar-refractivity contribution in [1.82, 2.24) is 25.1 Å². The van der Waals surface area contributed by atoms with Gasteiger partial charge in [-0.15, -0.1) is 0 Å². The summed E-state index contributed by atoms with van der Waals surface area (Å²) in [6, 6.07) is 17.6. The smallest absolute Gasteiger partial charge is 0.324 e. The molecule has 0 saturated carbocycles. The van der Waals surface area contributed by atoms with Crippen LogP contribution in [0.4, 0.5) is 20.7 Å². The molecular weight excluding hydrogens is 513 g/mol. The molecule has 11 heteroatoms. The van der Waals surface area contributed by atoms with Crippen molar-refractivity contribution in [3.63, 3.8) is 0 Å². The van der Waals surface area contributed by atoms with Gasteiger partial charge in [-0.05, 0) is 48.4 Å². The zero-order valence-electron chi connectivity index (χ0n) is 22.0. The monoisotopic (exact) mass is 539 g/mol. The minimum atomic E-state index is -0.702. The second-order valence-corrected chi connectivity index (χ2v) is 9.18. The summed E-state index contributed by atoms with van der Waals surface area (Å²) >= 11 is 0. The van der Waals surface area contributed by atoms with Gasteiger partial charge < -0.3 is 15.4 Å². The van der Waals surface area contributed by atoms with E-state index in [4.69, 9.17) is 4.74 Å². The number of pyridine rings is 2. The third-order valence-corrected chi connectivity index (χ3v) is 6.01. The molecule has 5 rings (SSSR count). The number of halogens is 1. The molecule has 3 amide bonds. The molecular formula is C29H26FN7O3. The quantitative estimate of drug-likeness (QED) is 0.238. The average Bonchev–Trinajstić information content (AvgIpc) is 3.38. The Balaban J connectivity index is 1.33. The van der Waals surface area contributed by atoms with E-state index in [-0.39, 0.29) is 29.0 Å². The molecule has 0 fully saturated rings. The zero-order valence-corrected chi connectivity index (χ0v) is 22.0. The van der Waals surface area contributed by atoms with Crippen molar-refractivity contribution in [3.8, 4) is 17.2 Å². The van der Waals surface area contributed by atoms with Gasteiger partial charge in [0.1, 0.15) is 28.8 Å². The molecule has 2 aromatic carbocycles. The lowest BCUT2D eigenvalue weighted by atomic mass is 10.1. The number of urea groups is 1. The van der Waals surface area contributed by atoms with E-state index >= 15 is 0 Å². The average molecular weight is 540 g/mol. The predicted molar refractivity (Wildman–Crippen MR) is 150 cm³/mol. The number of nitrogens with zero attached hydrogens (tertiary/aromatic N) is 4. The molecule has 0 aliphatic rings. The summed E-state index contributed by atoms with van der Waals surface area (Å²) in [5.74, 6) is -0.0411. The molecule has 0 unspecified atom stereocenters. The Kier molecular flexibility index (Phi) is 7.36. The van der Waals surface area contributed by atoms with Gasteiger partial charge in [0.25, 0.3) is 5.91 Å². The number of amides is 3. The zero-order chi connectivity index (χ0) is 28.2. The number of nitrogens with one attached hydrogen (secondary N) is 3. The first-order valence-corrected chi connectivity index (χ1v) is 12.5. The minimum Gasteiger partial charge on any atom is -0.457 e. The molecule has 0 radical (unpaired) electrons. The van der Waals surface area contributed by atoms with E-state index < -0.39 is 11.8 Å². The lowest BCUT2D eigenvalue weighted by molar-refractivity contribution is 0.0957. The minimum absolute atomic E-state index is 0.0439. The summed E-state index contributed by atoms with van der Waals surface area (Å²) in [4.78, 5) is 33.0. The number of ether oxygens (including phenoxy) is 1. The summed E-state index contributed by atoms with van der Waals surface area (Å²) in [5, 5.41) is 13.4. The van der Waals surface area contributed by atoms with Crippen LogP contribution in [0.25, 0.3) is 16.6 Å². The number of hydrogen-bond acceptors (Lipinski definition) is 6. The Hall–Kier alpha value is -5.32. The summed E-state index contributed by atoms with van der Waals surface area (Å²) < 4.78 is 22.2. The maximum Gasteiger partial charge on any atom is 0.324 e. The van der Waals surface area contributed by atoms with Gasteiger partial charge in [-0.25, -0.2) is 13.9 Å². The SMILES string of the molecule is CNC(=O)c1cc(Oc2ccc(NC(=O)Nc3cc(C(C)C)nn3-c3ccc4ncccc4c3)c(F)c2)ccn1. The number of hydrogen-bond donors (Lipinski definition) is 3. The fourth-order valence-electron chi connectivity index (χ4n) is 3.96. The molecule has 3 N–H and O–H groups in total. The van der Waals surface area contributed by atoms with Crippen molar-refractivity contribution < 1.29 is 18.7 Å². The van der Waals surface area contributed by atoms with Crippen LogP contribution in [-0.2, 0) is 0 Å². The maximum atomic E-state index is 14.9. The molecule has 10 nitrogen and oxygen atoms in total. The highest BCUT2D eigenvalue weighted by Crippen LogP contribution is 2.27. The predicted octanol–water partition coefficient (Wildman–Crippen LogP) is 5.87. The van der Waals surface area contributed by atoms with Crippen LogP contribution in [0.2, 0.25) is 0 Å². The van der Waals surface area contributed by atoms with Crippen LogP contribution >= 0.6 is 0 Å². The van der Waals surface area contributed by atoms with Crippen molar-refractivity contribution in [1.29, 1.82) is 0 Å². The Morgan fingerprint density at radius 3 is 2.52 bits per heavy atom. The van der Waals surface area contributed by atoms with E-state index in [1.807, 2.05) is 44.2 Å². The Labute approximate surface area is 229 Å². The standard InChI is InChI=1S/C29H26FN7O3/c1-17(2)25-16-27(37(36-25)19-6-8-23-18(13-19)5-4-11-32-23)35-29(39)34-24-9-7-20(14-22(24)30)40-21-10-12-33-26(15-21)28(38)31-3/h4-17H,1-3H3,(H,31,38)(H2,34,35,39). The van der Waals surface area contributed by atoms with E-state index in [2.05, 4.69) is 31.0 Å². The van der Waals surface area contributed by atoms with Crippen LogP contribution in [0.5, 0.6) is 11.5 Å². The molecule has 0 spiro atoms. The second-order valence-electron chi connectivity index (χ2n) is 9.18. The van der Waals surface area contributed by atoms with Gasteiger partial charge >= 0.3 is 6.03 Å². The van der Waals surface area contributed by atoms with E-state index in [0.29, 0.717) is 11.6 Å². The molecule has 5 aromatic rings. The second kappa shape index (κ2) is 11.2. The van der Waals surface area contributed by atoms with Crippen LogP contribution in [0.3, 0.4) is 0 Å². The normalized spacial score (nSPS) is 10.9. The van der Waals surface area contributed by atoms with Crippen LogP contribution in [0.15, 0.2) is 79.1 Å². The highest BCUT2D eigenvalue weighted by Gasteiger charge is 2.16. The maximum absolute atomic E-state index is 14.9. The van der Waals surface area contributed by atoms with Crippen LogP contribution in [0, 0.1) is 5.82 Å². The largest absolute Gasteiger partial charge is 0.457 e. The summed E-state index contributed by atoms with van der Waals surface area (Å²) in [5.41, 5.74) is 2.48. The van der Waals surface area contributed by atoms with Crippen molar-refractivity contribution in [2.24, 2.45) is 0 Å². The molecule has 0 aliphatic carbocycles.